The summed E-state index contributed by atoms with van der Waals surface area (Å²) in [6.07, 6.45) is -0.742. The highest BCUT2D eigenvalue weighted by molar-refractivity contribution is 5.96. The Balaban J connectivity index is 2.18. The summed E-state index contributed by atoms with van der Waals surface area (Å²) in [5, 5.41) is 0. The molecule has 0 unspecified atom stereocenters. The van der Waals surface area contributed by atoms with E-state index < -0.39 is 35.7 Å². The number of imide groups is 1. The molecule has 2 amide bonds. The molecule has 2 rings (SSSR count). The van der Waals surface area contributed by atoms with Crippen LogP contribution in [0, 0.1) is 11.8 Å². The number of carbonyl (C=O) groups is 3. The van der Waals surface area contributed by atoms with Gasteiger partial charge in [-0.15, -0.1) is 0 Å². The van der Waals surface area contributed by atoms with Crippen LogP contribution in [0.1, 0.15) is 66.1 Å². The van der Waals surface area contributed by atoms with E-state index in [9.17, 15) is 14.4 Å². The van der Waals surface area contributed by atoms with Crippen molar-refractivity contribution < 1.29 is 23.9 Å². The maximum Gasteiger partial charge on any atom is 0.417 e. The standard InChI is InChI=1S/C22H31NO5/c1-14(2)12-17(13-18(24)28-22(4,5)6)20(25)23-15(3)19(27-21(23)26)16-10-8-7-9-11-16/h7-11,14-15,17,19H,12-13H2,1-6H3/t15-,17+,19-/m1/s1. The van der Waals surface area contributed by atoms with Gasteiger partial charge in [-0.05, 0) is 45.6 Å². The molecule has 0 aliphatic carbocycles. The summed E-state index contributed by atoms with van der Waals surface area (Å²) in [5.41, 5.74) is 0.215. The number of hydrogen-bond donors (Lipinski definition) is 0. The normalized spacial score (nSPS) is 20.8. The molecular weight excluding hydrogens is 358 g/mol. The quantitative estimate of drug-likeness (QED) is 0.670. The summed E-state index contributed by atoms with van der Waals surface area (Å²) >= 11 is 0. The van der Waals surface area contributed by atoms with Crippen molar-refractivity contribution in [2.45, 2.75) is 72.1 Å². The van der Waals surface area contributed by atoms with E-state index in [0.717, 1.165) is 10.5 Å². The Morgan fingerprint density at radius 3 is 2.32 bits per heavy atom. The van der Waals surface area contributed by atoms with Gasteiger partial charge in [0.15, 0.2) is 0 Å². The Morgan fingerprint density at radius 2 is 1.79 bits per heavy atom. The average molecular weight is 389 g/mol. The van der Waals surface area contributed by atoms with Gasteiger partial charge < -0.3 is 9.47 Å². The molecule has 0 radical (unpaired) electrons. The molecule has 1 aliphatic heterocycles. The molecule has 1 aliphatic rings. The largest absolute Gasteiger partial charge is 0.460 e. The van der Waals surface area contributed by atoms with Gasteiger partial charge in [-0.1, -0.05) is 44.2 Å². The molecule has 1 heterocycles. The van der Waals surface area contributed by atoms with Crippen LogP contribution in [0.25, 0.3) is 0 Å². The Bertz CT molecular complexity index is 707. The minimum Gasteiger partial charge on any atom is -0.460 e. The van der Waals surface area contributed by atoms with Gasteiger partial charge in [0.25, 0.3) is 0 Å². The van der Waals surface area contributed by atoms with Crippen LogP contribution in [0.3, 0.4) is 0 Å². The number of rotatable bonds is 6. The molecule has 1 saturated heterocycles. The second-order valence-electron chi connectivity index (χ2n) is 8.78. The van der Waals surface area contributed by atoms with E-state index in [1.807, 2.05) is 44.2 Å². The zero-order chi connectivity index (χ0) is 21.1. The number of ether oxygens (including phenoxy) is 2. The molecule has 6 nitrogen and oxygen atoms in total. The van der Waals surface area contributed by atoms with Crippen LogP contribution < -0.4 is 0 Å². The lowest BCUT2D eigenvalue weighted by Crippen LogP contribution is -2.43. The maximum atomic E-state index is 13.2. The summed E-state index contributed by atoms with van der Waals surface area (Å²) in [6, 6.07) is 8.90. The lowest BCUT2D eigenvalue weighted by Gasteiger charge is -2.26. The van der Waals surface area contributed by atoms with Crippen LogP contribution in [-0.4, -0.2) is 34.5 Å². The van der Waals surface area contributed by atoms with E-state index >= 15 is 0 Å². The molecule has 1 aromatic rings. The number of carbonyl (C=O) groups excluding carboxylic acids is 3. The summed E-state index contributed by atoms with van der Waals surface area (Å²) < 4.78 is 10.9. The van der Waals surface area contributed by atoms with E-state index in [-0.39, 0.29) is 18.2 Å². The van der Waals surface area contributed by atoms with Crippen molar-refractivity contribution in [3.63, 3.8) is 0 Å². The minimum absolute atomic E-state index is 0.0548. The Labute approximate surface area is 167 Å². The van der Waals surface area contributed by atoms with Crippen LogP contribution in [0.2, 0.25) is 0 Å². The number of hydrogen-bond acceptors (Lipinski definition) is 5. The first-order chi connectivity index (χ1) is 13.0. The van der Waals surface area contributed by atoms with Gasteiger partial charge in [0, 0.05) is 5.92 Å². The highest BCUT2D eigenvalue weighted by atomic mass is 16.6. The van der Waals surface area contributed by atoms with Crippen molar-refractivity contribution in [1.82, 2.24) is 4.90 Å². The first kappa shape index (κ1) is 21.9. The molecule has 3 atom stereocenters. The molecule has 0 bridgehead atoms. The molecule has 1 aromatic carbocycles. The fraction of sp³-hybridized carbons (Fsp3) is 0.591. The Hall–Kier alpha value is -2.37. The summed E-state index contributed by atoms with van der Waals surface area (Å²) in [5.74, 6) is -1.25. The SMILES string of the molecule is CC(C)C[C@@H](CC(=O)OC(C)(C)C)C(=O)N1C(=O)O[C@@H](c2ccccc2)[C@H]1C. The fourth-order valence-electron chi connectivity index (χ4n) is 3.47. The van der Waals surface area contributed by atoms with E-state index in [1.165, 1.54) is 0 Å². The highest BCUT2D eigenvalue weighted by Crippen LogP contribution is 2.34. The molecule has 154 valence electrons. The number of cyclic esters (lactones) is 1. The van der Waals surface area contributed by atoms with Crippen molar-refractivity contribution >= 4 is 18.0 Å². The average Bonchev–Trinajstić information content (AvgIpc) is 2.87. The number of amides is 2. The fourth-order valence-corrected chi connectivity index (χ4v) is 3.47. The van der Waals surface area contributed by atoms with Crippen molar-refractivity contribution in [2.75, 3.05) is 0 Å². The second kappa shape index (κ2) is 8.76. The third kappa shape index (κ3) is 5.57. The number of benzene rings is 1. The van der Waals surface area contributed by atoms with E-state index in [0.29, 0.717) is 6.42 Å². The van der Waals surface area contributed by atoms with Gasteiger partial charge in [-0.2, -0.15) is 0 Å². The predicted octanol–water partition coefficient (Wildman–Crippen LogP) is 4.49. The van der Waals surface area contributed by atoms with E-state index in [4.69, 9.17) is 9.47 Å². The third-order valence-corrected chi connectivity index (χ3v) is 4.57. The van der Waals surface area contributed by atoms with Crippen molar-refractivity contribution in [1.29, 1.82) is 0 Å². The van der Waals surface area contributed by atoms with Crippen LogP contribution in [0.4, 0.5) is 4.79 Å². The molecule has 0 spiro atoms. The van der Waals surface area contributed by atoms with Gasteiger partial charge in [0.1, 0.15) is 11.7 Å². The molecule has 6 heteroatoms. The monoisotopic (exact) mass is 389 g/mol. The Kier molecular flexibility index (Phi) is 6.86. The van der Waals surface area contributed by atoms with Crippen molar-refractivity contribution in [2.24, 2.45) is 11.8 Å². The Morgan fingerprint density at radius 1 is 1.18 bits per heavy atom. The van der Waals surface area contributed by atoms with E-state index in [1.54, 1.807) is 27.7 Å². The van der Waals surface area contributed by atoms with Crippen LogP contribution in [0.5, 0.6) is 0 Å². The number of nitrogens with zero attached hydrogens (tertiary/aromatic N) is 1. The summed E-state index contributed by atoms with van der Waals surface area (Å²) in [6.45, 7) is 11.1. The lowest BCUT2D eigenvalue weighted by atomic mass is 9.92. The first-order valence-corrected chi connectivity index (χ1v) is 9.80. The molecule has 0 aromatic heterocycles. The number of esters is 1. The second-order valence-corrected chi connectivity index (χ2v) is 8.78. The smallest absolute Gasteiger partial charge is 0.417 e. The van der Waals surface area contributed by atoms with Crippen LogP contribution in [-0.2, 0) is 19.1 Å². The molecule has 0 saturated carbocycles. The minimum atomic E-state index is -0.663. The van der Waals surface area contributed by atoms with Gasteiger partial charge >= 0.3 is 12.1 Å². The van der Waals surface area contributed by atoms with Gasteiger partial charge in [-0.3, -0.25) is 9.59 Å². The zero-order valence-electron chi connectivity index (χ0n) is 17.6. The van der Waals surface area contributed by atoms with Gasteiger partial charge in [0.2, 0.25) is 5.91 Å². The zero-order valence-corrected chi connectivity index (χ0v) is 17.6. The lowest BCUT2D eigenvalue weighted by molar-refractivity contribution is -0.158. The van der Waals surface area contributed by atoms with Gasteiger partial charge in [-0.25, -0.2) is 9.69 Å². The predicted molar refractivity (Wildman–Crippen MR) is 105 cm³/mol. The van der Waals surface area contributed by atoms with E-state index in [2.05, 4.69) is 0 Å². The third-order valence-electron chi connectivity index (χ3n) is 4.57. The van der Waals surface area contributed by atoms with Crippen LogP contribution in [0.15, 0.2) is 30.3 Å². The highest BCUT2D eigenvalue weighted by Gasteiger charge is 2.45. The summed E-state index contributed by atoms with van der Waals surface area (Å²) in [4.78, 5) is 39.1. The van der Waals surface area contributed by atoms with Crippen molar-refractivity contribution in [3.05, 3.63) is 35.9 Å². The van der Waals surface area contributed by atoms with Crippen LogP contribution >= 0.6 is 0 Å². The maximum absolute atomic E-state index is 13.2. The molecular formula is C22H31NO5. The molecule has 28 heavy (non-hydrogen) atoms. The summed E-state index contributed by atoms with van der Waals surface area (Å²) in [7, 11) is 0. The topological polar surface area (TPSA) is 72.9 Å². The van der Waals surface area contributed by atoms with Gasteiger partial charge in [0.05, 0.1) is 12.5 Å². The first-order valence-electron chi connectivity index (χ1n) is 9.80. The molecule has 0 N–H and O–H groups in total. The van der Waals surface area contributed by atoms with Crippen molar-refractivity contribution in [3.8, 4) is 0 Å². The molecule has 1 fully saturated rings.